The maximum absolute atomic E-state index is 6.16. The van der Waals surface area contributed by atoms with E-state index in [2.05, 4.69) is 53.0 Å². The number of nitrogens with zero attached hydrogens (tertiary/aromatic N) is 1. The van der Waals surface area contributed by atoms with Gasteiger partial charge in [-0.25, -0.2) is 0 Å². The molecular formula is C17H27BrN2O. The molecule has 1 unspecified atom stereocenters. The monoisotopic (exact) mass is 354 g/mol. The van der Waals surface area contributed by atoms with Crippen LogP contribution in [0.4, 0.5) is 5.69 Å². The summed E-state index contributed by atoms with van der Waals surface area (Å²) in [6, 6.07) is 6.78. The number of anilines is 1. The molecule has 118 valence electrons. The van der Waals surface area contributed by atoms with Gasteiger partial charge >= 0.3 is 0 Å². The fourth-order valence-electron chi connectivity index (χ4n) is 2.93. The van der Waals surface area contributed by atoms with Gasteiger partial charge in [0.05, 0.1) is 0 Å². The highest BCUT2D eigenvalue weighted by Crippen LogP contribution is 2.27. The van der Waals surface area contributed by atoms with E-state index < -0.39 is 0 Å². The number of hydrogen-bond donors (Lipinski definition) is 1. The molecule has 2 N–H and O–H groups in total. The van der Waals surface area contributed by atoms with Crippen LogP contribution in [0.25, 0.3) is 0 Å². The number of rotatable bonds is 6. The molecule has 0 aromatic heterocycles. The zero-order chi connectivity index (χ0) is 15.2. The van der Waals surface area contributed by atoms with Crippen LogP contribution in [0.15, 0.2) is 22.7 Å². The topological polar surface area (TPSA) is 38.5 Å². The second kappa shape index (κ2) is 8.16. The highest BCUT2D eigenvalue weighted by atomic mass is 79.9. The molecule has 1 aliphatic rings. The number of halogens is 1. The predicted molar refractivity (Wildman–Crippen MR) is 92.9 cm³/mol. The van der Waals surface area contributed by atoms with E-state index in [0.717, 1.165) is 43.0 Å². The molecule has 1 aromatic rings. The van der Waals surface area contributed by atoms with Crippen molar-refractivity contribution in [2.24, 2.45) is 11.7 Å². The van der Waals surface area contributed by atoms with Gasteiger partial charge in [-0.15, -0.1) is 0 Å². The van der Waals surface area contributed by atoms with Crippen molar-refractivity contribution in [3.63, 3.8) is 0 Å². The first kappa shape index (κ1) is 16.8. The maximum atomic E-state index is 6.16. The Hall–Kier alpha value is -0.580. The summed E-state index contributed by atoms with van der Waals surface area (Å²) in [6.45, 7) is 5.06. The Morgan fingerprint density at radius 2 is 2.10 bits per heavy atom. The van der Waals surface area contributed by atoms with Crippen LogP contribution in [0, 0.1) is 5.92 Å². The highest BCUT2D eigenvalue weighted by Gasteiger charge is 2.18. The fourth-order valence-corrected chi connectivity index (χ4v) is 3.34. The van der Waals surface area contributed by atoms with E-state index in [1.165, 1.54) is 24.1 Å². The smallest absolute Gasteiger partial charge is 0.0469 e. The van der Waals surface area contributed by atoms with Crippen molar-refractivity contribution in [2.75, 3.05) is 31.7 Å². The number of benzene rings is 1. The van der Waals surface area contributed by atoms with Gasteiger partial charge in [0.15, 0.2) is 0 Å². The molecule has 0 saturated carbocycles. The molecule has 1 fully saturated rings. The van der Waals surface area contributed by atoms with Crippen LogP contribution >= 0.6 is 15.9 Å². The van der Waals surface area contributed by atoms with E-state index in [4.69, 9.17) is 10.5 Å². The fraction of sp³-hybridized carbons (Fsp3) is 0.647. The summed E-state index contributed by atoms with van der Waals surface area (Å²) in [5.74, 6) is 0.736. The van der Waals surface area contributed by atoms with Crippen molar-refractivity contribution in [3.05, 3.63) is 28.2 Å². The highest BCUT2D eigenvalue weighted by molar-refractivity contribution is 9.10. The molecule has 2 rings (SSSR count). The van der Waals surface area contributed by atoms with E-state index in [0.29, 0.717) is 0 Å². The Labute approximate surface area is 137 Å². The summed E-state index contributed by atoms with van der Waals surface area (Å²) >= 11 is 3.58. The molecule has 1 saturated heterocycles. The maximum Gasteiger partial charge on any atom is 0.0469 e. The normalized spacial score (nSPS) is 17.7. The minimum absolute atomic E-state index is 0.231. The van der Waals surface area contributed by atoms with Crippen molar-refractivity contribution >= 4 is 21.6 Å². The molecule has 0 spiro atoms. The van der Waals surface area contributed by atoms with Crippen LogP contribution in [0.1, 0.15) is 31.7 Å². The lowest BCUT2D eigenvalue weighted by Gasteiger charge is -2.30. The zero-order valence-electron chi connectivity index (χ0n) is 13.1. The van der Waals surface area contributed by atoms with Crippen LogP contribution < -0.4 is 10.6 Å². The van der Waals surface area contributed by atoms with Gasteiger partial charge in [-0.2, -0.15) is 0 Å². The van der Waals surface area contributed by atoms with Crippen molar-refractivity contribution in [3.8, 4) is 0 Å². The summed E-state index contributed by atoms with van der Waals surface area (Å²) < 4.78 is 6.58. The SMILES string of the molecule is CCC(N)Cc1cc(Br)ccc1N(C)CC1CCOCC1. The van der Waals surface area contributed by atoms with Crippen LogP contribution in [-0.2, 0) is 11.2 Å². The van der Waals surface area contributed by atoms with E-state index in [1.54, 1.807) is 0 Å². The summed E-state index contributed by atoms with van der Waals surface area (Å²) in [7, 11) is 2.19. The van der Waals surface area contributed by atoms with E-state index in [-0.39, 0.29) is 6.04 Å². The molecule has 1 aliphatic heterocycles. The Morgan fingerprint density at radius 3 is 2.76 bits per heavy atom. The standard InChI is InChI=1S/C17H27BrN2O/c1-3-16(19)11-14-10-15(18)4-5-17(14)20(2)12-13-6-8-21-9-7-13/h4-5,10,13,16H,3,6-9,11-12,19H2,1-2H3. The van der Waals surface area contributed by atoms with Gasteiger partial charge < -0.3 is 15.4 Å². The van der Waals surface area contributed by atoms with Gasteiger partial charge in [0.25, 0.3) is 0 Å². The van der Waals surface area contributed by atoms with Gasteiger partial charge in [0.2, 0.25) is 0 Å². The Bertz CT molecular complexity index is 446. The molecule has 21 heavy (non-hydrogen) atoms. The number of hydrogen-bond acceptors (Lipinski definition) is 3. The average molecular weight is 355 g/mol. The number of nitrogens with two attached hydrogens (primary N) is 1. The predicted octanol–water partition coefficient (Wildman–Crippen LogP) is 3.59. The lowest BCUT2D eigenvalue weighted by Crippen LogP contribution is -2.31. The summed E-state index contributed by atoms with van der Waals surface area (Å²) in [6.07, 6.45) is 4.29. The van der Waals surface area contributed by atoms with E-state index in [9.17, 15) is 0 Å². The van der Waals surface area contributed by atoms with Crippen molar-refractivity contribution in [2.45, 2.75) is 38.6 Å². The zero-order valence-corrected chi connectivity index (χ0v) is 14.7. The number of ether oxygens (including phenoxy) is 1. The van der Waals surface area contributed by atoms with Crippen molar-refractivity contribution < 1.29 is 4.74 Å². The third kappa shape index (κ3) is 4.97. The first-order valence-corrected chi connectivity index (χ1v) is 8.72. The quantitative estimate of drug-likeness (QED) is 0.848. The van der Waals surface area contributed by atoms with Crippen molar-refractivity contribution in [1.29, 1.82) is 0 Å². The van der Waals surface area contributed by atoms with Gasteiger partial charge in [0, 0.05) is 43.0 Å². The van der Waals surface area contributed by atoms with E-state index >= 15 is 0 Å². The molecule has 0 radical (unpaired) electrons. The molecule has 3 nitrogen and oxygen atoms in total. The second-order valence-corrected chi connectivity index (χ2v) is 7.00. The molecule has 0 aliphatic carbocycles. The van der Waals surface area contributed by atoms with Crippen LogP contribution in [0.2, 0.25) is 0 Å². The summed E-state index contributed by atoms with van der Waals surface area (Å²) in [5.41, 5.74) is 8.81. The Kier molecular flexibility index (Phi) is 6.52. The lowest BCUT2D eigenvalue weighted by molar-refractivity contribution is 0.0685. The molecule has 0 amide bonds. The van der Waals surface area contributed by atoms with Gasteiger partial charge in [-0.1, -0.05) is 22.9 Å². The third-order valence-corrected chi connectivity index (χ3v) is 4.83. The van der Waals surface area contributed by atoms with Crippen LogP contribution in [0.5, 0.6) is 0 Å². The first-order valence-electron chi connectivity index (χ1n) is 7.93. The average Bonchev–Trinajstić information content (AvgIpc) is 2.48. The lowest BCUT2D eigenvalue weighted by atomic mass is 9.98. The molecule has 1 aromatic carbocycles. The second-order valence-electron chi connectivity index (χ2n) is 6.08. The van der Waals surface area contributed by atoms with Crippen LogP contribution in [-0.4, -0.2) is 32.8 Å². The Balaban J connectivity index is 2.09. The van der Waals surface area contributed by atoms with Crippen LogP contribution in [0.3, 0.4) is 0 Å². The summed E-state index contributed by atoms with van der Waals surface area (Å²) in [5, 5.41) is 0. The molecule has 1 atom stereocenters. The summed E-state index contributed by atoms with van der Waals surface area (Å²) in [4.78, 5) is 2.39. The van der Waals surface area contributed by atoms with E-state index in [1.807, 2.05) is 0 Å². The Morgan fingerprint density at radius 1 is 1.38 bits per heavy atom. The molecule has 4 heteroatoms. The largest absolute Gasteiger partial charge is 0.381 e. The van der Waals surface area contributed by atoms with Crippen molar-refractivity contribution in [1.82, 2.24) is 0 Å². The van der Waals surface area contributed by atoms with Gasteiger partial charge in [-0.05, 0) is 55.4 Å². The molecule has 0 bridgehead atoms. The minimum atomic E-state index is 0.231. The van der Waals surface area contributed by atoms with Gasteiger partial charge in [0.1, 0.15) is 0 Å². The van der Waals surface area contributed by atoms with Gasteiger partial charge in [-0.3, -0.25) is 0 Å². The molecule has 1 heterocycles. The molecular weight excluding hydrogens is 328 g/mol. The first-order chi connectivity index (χ1) is 10.1. The third-order valence-electron chi connectivity index (χ3n) is 4.33. The minimum Gasteiger partial charge on any atom is -0.381 e.